The van der Waals surface area contributed by atoms with Crippen LogP contribution >= 0.6 is 0 Å². The van der Waals surface area contributed by atoms with Crippen LogP contribution in [0.4, 0.5) is 5.69 Å². The molecule has 2 N–H and O–H groups in total. The number of phenols is 1. The van der Waals surface area contributed by atoms with Gasteiger partial charge in [-0.05, 0) is 92.8 Å². The Morgan fingerprint density at radius 2 is 1.17 bits per heavy atom. The minimum atomic E-state index is -0.0242. The van der Waals surface area contributed by atoms with Crippen LogP contribution in [0.2, 0.25) is 0 Å². The number of hydrogen-bond acceptors (Lipinski definition) is 3. The molecule has 0 aliphatic rings. The lowest BCUT2D eigenvalue weighted by Crippen LogP contribution is -2.16. The van der Waals surface area contributed by atoms with Crippen LogP contribution in [0, 0.1) is 6.92 Å². The summed E-state index contributed by atoms with van der Waals surface area (Å²) >= 11 is 0. The fourth-order valence-electron chi connectivity index (χ4n) is 6.46. The molecule has 4 aromatic carbocycles. The van der Waals surface area contributed by atoms with E-state index in [9.17, 15) is 5.11 Å². The highest BCUT2D eigenvalue weighted by Gasteiger charge is 2.23. The number of pyridine rings is 1. The molecule has 0 radical (unpaired) electrons. The monoisotopic (exact) mass is 638 g/mol. The first kappa shape index (κ1) is 35.0. The molecule has 0 bridgehead atoms. The van der Waals surface area contributed by atoms with Gasteiger partial charge in [0.05, 0.1) is 17.9 Å². The van der Waals surface area contributed by atoms with Gasteiger partial charge in [0.1, 0.15) is 5.75 Å². The predicted molar refractivity (Wildman–Crippen MR) is 206 cm³/mol. The van der Waals surface area contributed by atoms with Crippen LogP contribution in [-0.4, -0.2) is 10.1 Å². The molecule has 0 fully saturated rings. The number of aromatic nitrogens is 1. The number of nitrogens with one attached hydrogen (secondary N) is 1. The first-order chi connectivity index (χ1) is 22.5. The van der Waals surface area contributed by atoms with Gasteiger partial charge in [-0.25, -0.2) is 0 Å². The third-order valence-corrected chi connectivity index (χ3v) is 9.35. The number of hydrogen-bond donors (Lipinski definition) is 2. The van der Waals surface area contributed by atoms with Gasteiger partial charge in [0, 0.05) is 22.4 Å². The van der Waals surface area contributed by atoms with Crippen LogP contribution in [0.15, 0.2) is 91.0 Å². The Balaban J connectivity index is 1.57. The molecule has 1 heterocycles. The zero-order chi connectivity index (χ0) is 35.0. The molecule has 3 heteroatoms. The molecule has 0 aliphatic carbocycles. The van der Waals surface area contributed by atoms with Crippen LogP contribution in [0.5, 0.6) is 5.75 Å². The second-order valence-corrected chi connectivity index (χ2v) is 16.0. The number of phenolic OH excluding ortho intramolecular Hbond substituents is 1. The van der Waals surface area contributed by atoms with E-state index >= 15 is 0 Å². The van der Waals surface area contributed by atoms with Crippen LogP contribution in [-0.2, 0) is 17.4 Å². The molecule has 5 aromatic rings. The second kappa shape index (κ2) is 13.6. The van der Waals surface area contributed by atoms with E-state index in [-0.39, 0.29) is 10.8 Å². The van der Waals surface area contributed by atoms with Crippen molar-refractivity contribution in [2.75, 3.05) is 5.32 Å². The number of benzene rings is 4. The quantitative estimate of drug-likeness (QED) is 0.178. The first-order valence-corrected chi connectivity index (χ1v) is 17.5. The fourth-order valence-corrected chi connectivity index (χ4v) is 6.46. The molecule has 1 aromatic heterocycles. The normalized spacial score (nSPS) is 12.2. The van der Waals surface area contributed by atoms with Crippen molar-refractivity contribution in [2.45, 2.75) is 105 Å². The van der Waals surface area contributed by atoms with Gasteiger partial charge >= 0.3 is 0 Å². The molecular formula is C45H54N2O. The highest BCUT2D eigenvalue weighted by molar-refractivity contribution is 5.90. The Hall–Kier alpha value is -4.37. The fraction of sp³-hybridized carbons (Fsp3) is 0.356. The van der Waals surface area contributed by atoms with Crippen molar-refractivity contribution < 1.29 is 5.11 Å². The SMILES string of the molecule is Cc1cc(-c2cc(C(C)(C)C)cc(C(C)(C)C)c2)c(O)c(-c2ccccc2-c2cccc(CNc3c(C(C)C)cccc3C(C)C)n2)c1. The molecule has 0 atom stereocenters. The maximum atomic E-state index is 12.1. The molecule has 48 heavy (non-hydrogen) atoms. The number of rotatable bonds is 8. The zero-order valence-electron chi connectivity index (χ0n) is 30.9. The summed E-state index contributed by atoms with van der Waals surface area (Å²) in [6.07, 6.45) is 0. The standard InChI is InChI=1S/C45H54N2O/c1-28(2)35-19-15-20-36(29(3)4)42(35)46-27-34-16-14-21-41(47-34)38-18-13-12-17-37(38)40-23-30(5)22-39(43(40)48)31-24-32(44(6,7)8)26-33(25-31)45(9,10)11/h12-26,28-29,46,48H,27H2,1-11H3. The number of anilines is 1. The van der Waals surface area contributed by atoms with E-state index in [4.69, 9.17) is 4.98 Å². The third-order valence-electron chi connectivity index (χ3n) is 9.35. The van der Waals surface area contributed by atoms with Gasteiger partial charge in [-0.15, -0.1) is 0 Å². The van der Waals surface area contributed by atoms with Gasteiger partial charge < -0.3 is 10.4 Å². The lowest BCUT2D eigenvalue weighted by atomic mass is 9.78. The highest BCUT2D eigenvalue weighted by atomic mass is 16.3. The van der Waals surface area contributed by atoms with Gasteiger partial charge in [-0.2, -0.15) is 0 Å². The summed E-state index contributed by atoms with van der Waals surface area (Å²) in [5.74, 6) is 1.13. The number of aromatic hydroxyl groups is 1. The largest absolute Gasteiger partial charge is 0.507 e. The Bertz CT molecular complexity index is 1860. The molecule has 250 valence electrons. The van der Waals surface area contributed by atoms with Crippen molar-refractivity contribution >= 4 is 5.69 Å². The topological polar surface area (TPSA) is 45.1 Å². The van der Waals surface area contributed by atoms with Gasteiger partial charge in [0.15, 0.2) is 0 Å². The van der Waals surface area contributed by atoms with E-state index in [0.29, 0.717) is 24.1 Å². The molecular weight excluding hydrogens is 585 g/mol. The first-order valence-electron chi connectivity index (χ1n) is 17.5. The minimum Gasteiger partial charge on any atom is -0.507 e. The van der Waals surface area contributed by atoms with Crippen LogP contribution in [0.1, 0.15) is 115 Å². The Morgan fingerprint density at radius 1 is 0.625 bits per heavy atom. The van der Waals surface area contributed by atoms with E-state index in [2.05, 4.69) is 166 Å². The molecule has 0 saturated carbocycles. The Morgan fingerprint density at radius 3 is 1.73 bits per heavy atom. The molecule has 3 nitrogen and oxygen atoms in total. The molecule has 0 spiro atoms. The van der Waals surface area contributed by atoms with Crippen LogP contribution in [0.25, 0.3) is 33.5 Å². The maximum Gasteiger partial charge on any atom is 0.131 e. The number of para-hydroxylation sites is 1. The number of nitrogens with zero attached hydrogens (tertiary/aromatic N) is 1. The summed E-state index contributed by atoms with van der Waals surface area (Å²) in [4.78, 5) is 5.16. The Labute approximate surface area is 289 Å². The van der Waals surface area contributed by atoms with E-state index in [0.717, 1.165) is 44.8 Å². The van der Waals surface area contributed by atoms with Gasteiger partial charge in [0.2, 0.25) is 0 Å². The van der Waals surface area contributed by atoms with Gasteiger partial charge in [-0.3, -0.25) is 4.98 Å². The average Bonchev–Trinajstić information content (AvgIpc) is 3.03. The smallest absolute Gasteiger partial charge is 0.131 e. The van der Waals surface area contributed by atoms with E-state index in [1.54, 1.807) is 0 Å². The van der Waals surface area contributed by atoms with Gasteiger partial charge in [-0.1, -0.05) is 136 Å². The molecule has 5 rings (SSSR count). The summed E-state index contributed by atoms with van der Waals surface area (Å²) in [5, 5.41) is 15.8. The third kappa shape index (κ3) is 7.51. The summed E-state index contributed by atoms with van der Waals surface area (Å²) in [5.41, 5.74) is 14.0. The predicted octanol–water partition coefficient (Wildman–Crippen LogP) is 12.6. The van der Waals surface area contributed by atoms with Crippen molar-refractivity contribution in [3.8, 4) is 39.3 Å². The zero-order valence-corrected chi connectivity index (χ0v) is 30.9. The molecule has 0 unspecified atom stereocenters. The van der Waals surface area contributed by atoms with Crippen molar-refractivity contribution in [1.29, 1.82) is 0 Å². The van der Waals surface area contributed by atoms with E-state index in [1.165, 1.54) is 27.9 Å². The van der Waals surface area contributed by atoms with Crippen molar-refractivity contribution in [2.24, 2.45) is 0 Å². The average molecular weight is 639 g/mol. The lowest BCUT2D eigenvalue weighted by Gasteiger charge is -2.26. The van der Waals surface area contributed by atoms with Crippen LogP contribution in [0.3, 0.4) is 0 Å². The summed E-state index contributed by atoms with van der Waals surface area (Å²) < 4.78 is 0. The van der Waals surface area contributed by atoms with Crippen molar-refractivity contribution in [1.82, 2.24) is 4.98 Å². The summed E-state index contributed by atoms with van der Waals surface area (Å²) in [7, 11) is 0. The molecule has 0 saturated heterocycles. The highest BCUT2D eigenvalue weighted by Crippen LogP contribution is 2.44. The molecule has 0 aliphatic heterocycles. The van der Waals surface area contributed by atoms with Crippen LogP contribution < -0.4 is 5.32 Å². The summed E-state index contributed by atoms with van der Waals surface area (Å²) in [6, 6.07) is 32.2. The van der Waals surface area contributed by atoms with Crippen molar-refractivity contribution in [3.05, 3.63) is 125 Å². The van der Waals surface area contributed by atoms with Crippen molar-refractivity contribution in [3.63, 3.8) is 0 Å². The van der Waals surface area contributed by atoms with E-state index in [1.807, 2.05) is 6.07 Å². The lowest BCUT2D eigenvalue weighted by molar-refractivity contribution is 0.479. The van der Waals surface area contributed by atoms with Gasteiger partial charge in [0.25, 0.3) is 0 Å². The second-order valence-electron chi connectivity index (χ2n) is 16.0. The molecule has 0 amide bonds. The maximum absolute atomic E-state index is 12.1. The Kier molecular flexibility index (Phi) is 9.92. The minimum absolute atomic E-state index is 0.0242. The summed E-state index contributed by atoms with van der Waals surface area (Å²) in [6.45, 7) is 25.2. The number of aryl methyl sites for hydroxylation is 1. The van der Waals surface area contributed by atoms with E-state index < -0.39 is 0 Å².